The zero-order valence-corrected chi connectivity index (χ0v) is 33.1. The molecule has 0 unspecified atom stereocenters. The Morgan fingerprint density at radius 3 is 2.55 bits per heavy atom. The average molecular weight is 795 g/mol. The molecule has 55 heavy (non-hydrogen) atoms. The molecule has 1 heterocycles. The summed E-state index contributed by atoms with van der Waals surface area (Å²) in [5, 5.41) is 70.3. The molecule has 1 aliphatic heterocycles. The van der Waals surface area contributed by atoms with Gasteiger partial charge in [0.1, 0.15) is 17.8 Å². The number of aliphatic hydroxyl groups is 4. The van der Waals surface area contributed by atoms with Crippen LogP contribution in [0.25, 0.3) is 21.9 Å². The van der Waals surface area contributed by atoms with Crippen molar-refractivity contribution in [3.05, 3.63) is 82.9 Å². The van der Waals surface area contributed by atoms with Crippen LogP contribution >= 0.6 is 21.6 Å². The third-order valence-electron chi connectivity index (χ3n) is 9.74. The number of benzene rings is 4. The standard InChI is InChI=1S/C42H54N2O9S2/c1-26(47)22-44-38-15-8-29(19-30(38)23-46)42(43-17-3-4-18-45)53-34-13-12-33(50)24-54-55-25-37-35(14-7-27-5-10-32(49)21-36(27)37)40-28(6-11-31(48)20-34)9-16-39(51)41(40)52-2/h5,7-10,14-16,19,21,26,33-34,42-47,49-51H,3-4,6,11-13,17-18,20,22-25H2,1-2H3/t26-,33-,34-,42-/m0/s1. The van der Waals surface area contributed by atoms with E-state index >= 15 is 0 Å². The van der Waals surface area contributed by atoms with Crippen molar-refractivity contribution in [1.82, 2.24) is 5.32 Å². The molecule has 0 spiro atoms. The van der Waals surface area contributed by atoms with E-state index in [9.17, 15) is 35.4 Å². The summed E-state index contributed by atoms with van der Waals surface area (Å²) in [6.45, 7) is 2.38. The second-order valence-electron chi connectivity index (χ2n) is 14.0. The summed E-state index contributed by atoms with van der Waals surface area (Å²) in [7, 11) is 4.66. The number of carbonyl (C=O) groups is 1. The van der Waals surface area contributed by atoms with Gasteiger partial charge in [0.05, 0.1) is 32.0 Å². The SMILES string of the molecule is COc1c(O)ccc2c1-c1ccc3ccc(O)cc3c1CSSC[C@@H](O)CC[C@H](O[C@H](NCCCCO)c1ccc(NC[C@H](C)O)c(CO)c1)CC(=O)CC2. The molecule has 0 radical (unpaired) electrons. The van der Waals surface area contributed by atoms with Crippen molar-refractivity contribution >= 4 is 43.8 Å². The number of nitrogens with one attached hydrogen (secondary N) is 2. The quantitative estimate of drug-likeness (QED) is 0.0413. The van der Waals surface area contributed by atoms with Gasteiger partial charge in [-0.25, -0.2) is 0 Å². The fourth-order valence-corrected chi connectivity index (χ4v) is 9.16. The van der Waals surface area contributed by atoms with Gasteiger partial charge in [0, 0.05) is 54.3 Å². The first-order valence-electron chi connectivity index (χ1n) is 18.8. The molecule has 4 aromatic carbocycles. The van der Waals surface area contributed by atoms with E-state index < -0.39 is 24.5 Å². The highest BCUT2D eigenvalue weighted by Crippen LogP contribution is 2.45. The molecular weight excluding hydrogens is 741 g/mol. The number of ether oxygens (including phenoxy) is 2. The zero-order chi connectivity index (χ0) is 39.3. The maximum Gasteiger partial charge on any atom is 0.168 e. The summed E-state index contributed by atoms with van der Waals surface area (Å²) in [5.41, 5.74) is 5.40. The Bertz CT molecular complexity index is 1880. The van der Waals surface area contributed by atoms with E-state index in [0.717, 1.165) is 33.0 Å². The number of aryl methyl sites for hydroxylation is 1. The first kappa shape index (κ1) is 42.6. The third-order valence-corrected chi connectivity index (χ3v) is 12.1. The maximum atomic E-state index is 13.9. The predicted molar refractivity (Wildman–Crippen MR) is 221 cm³/mol. The van der Waals surface area contributed by atoms with Crippen LogP contribution in [-0.2, 0) is 28.3 Å². The van der Waals surface area contributed by atoms with E-state index in [-0.39, 0.29) is 43.3 Å². The number of rotatable bonds is 13. The topological polar surface area (TPSA) is 181 Å². The van der Waals surface area contributed by atoms with Crippen molar-refractivity contribution < 1.29 is 44.9 Å². The molecule has 0 fully saturated rings. The Morgan fingerprint density at radius 2 is 1.78 bits per heavy atom. The lowest BCUT2D eigenvalue weighted by Crippen LogP contribution is -2.31. The molecule has 13 heteroatoms. The second kappa shape index (κ2) is 21.1. The monoisotopic (exact) mass is 794 g/mol. The van der Waals surface area contributed by atoms with Gasteiger partial charge in [-0.2, -0.15) is 0 Å². The van der Waals surface area contributed by atoms with Gasteiger partial charge in [-0.05, 0) is 109 Å². The maximum absolute atomic E-state index is 13.9. The van der Waals surface area contributed by atoms with Gasteiger partial charge in [-0.1, -0.05) is 51.9 Å². The van der Waals surface area contributed by atoms with E-state index in [0.29, 0.717) is 79.3 Å². The smallest absolute Gasteiger partial charge is 0.168 e. The van der Waals surface area contributed by atoms with Gasteiger partial charge in [-0.3, -0.25) is 10.1 Å². The number of hydrogen-bond acceptors (Lipinski definition) is 13. The summed E-state index contributed by atoms with van der Waals surface area (Å²) in [4.78, 5) is 13.9. The molecular formula is C42H54N2O9S2. The summed E-state index contributed by atoms with van der Waals surface area (Å²) < 4.78 is 12.5. The van der Waals surface area contributed by atoms with Crippen molar-refractivity contribution in [1.29, 1.82) is 0 Å². The number of methoxy groups -OCH3 is 1. The summed E-state index contributed by atoms with van der Waals surface area (Å²) in [6.07, 6.45) is 0.436. The lowest BCUT2D eigenvalue weighted by Gasteiger charge is -2.28. The zero-order valence-electron chi connectivity index (χ0n) is 31.5. The van der Waals surface area contributed by atoms with Crippen LogP contribution < -0.4 is 15.4 Å². The first-order valence-corrected chi connectivity index (χ1v) is 21.3. The van der Waals surface area contributed by atoms with E-state index in [1.165, 1.54) is 7.11 Å². The Morgan fingerprint density at radius 1 is 0.964 bits per heavy atom. The number of ketones is 1. The predicted octanol–water partition coefficient (Wildman–Crippen LogP) is 6.59. The van der Waals surface area contributed by atoms with Gasteiger partial charge in [-0.15, -0.1) is 0 Å². The summed E-state index contributed by atoms with van der Waals surface area (Å²) in [5.74, 6) is 1.40. The Hall–Kier alpha value is -3.53. The Kier molecular flexibility index (Phi) is 16.4. The molecule has 0 saturated heterocycles. The van der Waals surface area contributed by atoms with Crippen LogP contribution in [-0.4, -0.2) is 87.3 Å². The number of aliphatic hydroxyl groups excluding tert-OH is 4. The van der Waals surface area contributed by atoms with Crippen LogP contribution in [0, 0.1) is 0 Å². The molecule has 0 aromatic heterocycles. The highest BCUT2D eigenvalue weighted by atomic mass is 33.1. The van der Waals surface area contributed by atoms with Crippen molar-refractivity contribution in [3.8, 4) is 28.4 Å². The molecule has 8 N–H and O–H groups in total. The van der Waals surface area contributed by atoms with Gasteiger partial charge in [0.15, 0.2) is 11.5 Å². The largest absolute Gasteiger partial charge is 0.508 e. The lowest BCUT2D eigenvalue weighted by molar-refractivity contribution is -0.124. The van der Waals surface area contributed by atoms with Crippen molar-refractivity contribution in [2.45, 2.75) is 88.8 Å². The summed E-state index contributed by atoms with van der Waals surface area (Å²) >= 11 is 0. The number of unbranched alkanes of at least 4 members (excludes halogenated alkanes) is 1. The highest BCUT2D eigenvalue weighted by molar-refractivity contribution is 8.76. The Labute approximate surface area is 330 Å². The number of fused-ring (bicyclic) bond motifs is 5. The van der Waals surface area contributed by atoms with Crippen molar-refractivity contribution in [2.75, 3.05) is 37.9 Å². The molecule has 0 aliphatic carbocycles. The second-order valence-corrected chi connectivity index (χ2v) is 16.5. The number of phenolic OH excluding ortho intramolecular Hbond substituents is 2. The fraction of sp³-hybridized carbons (Fsp3) is 0.452. The highest BCUT2D eigenvalue weighted by Gasteiger charge is 2.25. The van der Waals surface area contributed by atoms with E-state index in [1.807, 2.05) is 42.5 Å². The van der Waals surface area contributed by atoms with Crippen molar-refractivity contribution in [2.24, 2.45) is 0 Å². The number of hydrogen-bond donors (Lipinski definition) is 8. The fourth-order valence-electron chi connectivity index (χ4n) is 6.86. The third kappa shape index (κ3) is 11.7. The van der Waals surface area contributed by atoms with E-state index in [4.69, 9.17) is 9.47 Å². The van der Waals surface area contributed by atoms with E-state index in [1.54, 1.807) is 46.7 Å². The van der Waals surface area contributed by atoms with Gasteiger partial charge < -0.3 is 45.4 Å². The number of Topliss-reactive ketones (excluding diaryl/α,β-unsaturated/α-hetero) is 1. The molecule has 11 nitrogen and oxygen atoms in total. The minimum absolute atomic E-state index is 0.0174. The molecule has 5 rings (SSSR count). The number of carbonyl (C=O) groups excluding carboxylic acids is 1. The van der Waals surface area contributed by atoms with Gasteiger partial charge >= 0.3 is 0 Å². The molecule has 0 bridgehead atoms. The molecule has 0 amide bonds. The summed E-state index contributed by atoms with van der Waals surface area (Å²) in [6, 6.07) is 18.2. The molecule has 298 valence electrons. The van der Waals surface area contributed by atoms with Crippen LogP contribution in [0.15, 0.2) is 60.7 Å². The Balaban J connectivity index is 1.46. The molecule has 1 aliphatic rings. The normalized spacial score (nSPS) is 18.3. The number of aromatic hydroxyl groups is 2. The number of anilines is 1. The van der Waals surface area contributed by atoms with Crippen LogP contribution in [0.4, 0.5) is 5.69 Å². The van der Waals surface area contributed by atoms with E-state index in [2.05, 4.69) is 10.6 Å². The molecule has 4 aromatic rings. The minimum Gasteiger partial charge on any atom is -0.508 e. The van der Waals surface area contributed by atoms with Crippen LogP contribution in [0.3, 0.4) is 0 Å². The average Bonchev–Trinajstić information content (AvgIpc) is 3.17. The minimum atomic E-state index is -0.656. The van der Waals surface area contributed by atoms with Gasteiger partial charge in [0.25, 0.3) is 0 Å². The molecule has 4 atom stereocenters. The van der Waals surface area contributed by atoms with Crippen LogP contribution in [0.2, 0.25) is 0 Å². The van der Waals surface area contributed by atoms with Crippen molar-refractivity contribution in [3.63, 3.8) is 0 Å². The van der Waals surface area contributed by atoms with Crippen LogP contribution in [0.5, 0.6) is 17.2 Å². The molecule has 0 saturated carbocycles. The van der Waals surface area contributed by atoms with Crippen LogP contribution in [0.1, 0.15) is 73.9 Å². The number of phenols is 2. The van der Waals surface area contributed by atoms with Gasteiger partial charge in [0.2, 0.25) is 0 Å². The lowest BCUT2D eigenvalue weighted by atomic mass is 9.89. The first-order chi connectivity index (χ1) is 26.6.